The van der Waals surface area contributed by atoms with Crippen LogP contribution in [-0.4, -0.2) is 37.4 Å². The van der Waals surface area contributed by atoms with E-state index < -0.39 is 0 Å². The number of aromatic nitrogens is 1. The average Bonchev–Trinajstić information content (AvgIpc) is 2.49. The number of nitrogens with one attached hydrogen (secondary N) is 1. The standard InChI is InChI=1S/C17H30N2O2/c1-8-17(5,21-7)15(18-9-2)10-14-13(4)16(20-6)12(3)11-19-14/h11,15,18H,8-10H2,1-7H3. The third-order valence-corrected chi connectivity index (χ3v) is 4.50. The molecule has 120 valence electrons. The Morgan fingerprint density at radius 2 is 1.95 bits per heavy atom. The van der Waals surface area contributed by atoms with Gasteiger partial charge in [-0.25, -0.2) is 0 Å². The van der Waals surface area contributed by atoms with Gasteiger partial charge in [0.1, 0.15) is 5.75 Å². The maximum absolute atomic E-state index is 5.77. The number of hydrogen-bond donors (Lipinski definition) is 1. The molecule has 1 heterocycles. The molecule has 0 saturated heterocycles. The molecule has 0 bridgehead atoms. The van der Waals surface area contributed by atoms with Gasteiger partial charge in [-0.05, 0) is 33.7 Å². The van der Waals surface area contributed by atoms with Crippen LogP contribution in [0.3, 0.4) is 0 Å². The van der Waals surface area contributed by atoms with Crippen LogP contribution in [0.15, 0.2) is 6.20 Å². The van der Waals surface area contributed by atoms with Crippen molar-refractivity contribution in [3.8, 4) is 5.75 Å². The Kier molecular flexibility index (Phi) is 6.62. The van der Waals surface area contributed by atoms with Crippen LogP contribution in [0, 0.1) is 13.8 Å². The van der Waals surface area contributed by atoms with Crippen LogP contribution in [0.5, 0.6) is 5.75 Å². The Labute approximate surface area is 129 Å². The van der Waals surface area contributed by atoms with Crippen LogP contribution in [0.4, 0.5) is 0 Å². The molecule has 0 saturated carbocycles. The van der Waals surface area contributed by atoms with E-state index in [0.717, 1.165) is 42.0 Å². The van der Waals surface area contributed by atoms with E-state index in [1.165, 1.54) is 0 Å². The normalized spacial score (nSPS) is 15.6. The SMILES string of the molecule is CCNC(Cc1ncc(C)c(OC)c1C)C(C)(CC)OC. The lowest BCUT2D eigenvalue weighted by atomic mass is 9.88. The fourth-order valence-corrected chi connectivity index (χ4v) is 2.75. The fraction of sp³-hybridized carbons (Fsp3) is 0.706. The molecule has 0 radical (unpaired) electrons. The molecule has 0 aliphatic rings. The number of methoxy groups -OCH3 is 2. The van der Waals surface area contributed by atoms with Gasteiger partial charge in [-0.2, -0.15) is 0 Å². The Morgan fingerprint density at radius 3 is 2.43 bits per heavy atom. The van der Waals surface area contributed by atoms with Crippen molar-refractivity contribution < 1.29 is 9.47 Å². The predicted molar refractivity (Wildman–Crippen MR) is 87.1 cm³/mol. The number of hydrogen-bond acceptors (Lipinski definition) is 4. The number of ether oxygens (including phenoxy) is 2. The third-order valence-electron chi connectivity index (χ3n) is 4.50. The Bertz CT molecular complexity index is 456. The Morgan fingerprint density at radius 1 is 1.29 bits per heavy atom. The van der Waals surface area contributed by atoms with Gasteiger partial charge in [-0.3, -0.25) is 4.98 Å². The first kappa shape index (κ1) is 17.9. The monoisotopic (exact) mass is 294 g/mol. The number of likely N-dealkylation sites (N-methyl/N-ethyl adjacent to an activating group) is 1. The summed E-state index contributed by atoms with van der Waals surface area (Å²) in [6.45, 7) is 11.4. The van der Waals surface area contributed by atoms with Crippen molar-refractivity contribution in [2.24, 2.45) is 0 Å². The van der Waals surface area contributed by atoms with Gasteiger partial charge < -0.3 is 14.8 Å². The van der Waals surface area contributed by atoms with Crippen molar-refractivity contribution in [3.05, 3.63) is 23.0 Å². The third kappa shape index (κ3) is 3.95. The molecule has 0 aliphatic heterocycles. The van der Waals surface area contributed by atoms with E-state index in [2.05, 4.69) is 38.0 Å². The summed E-state index contributed by atoms with van der Waals surface area (Å²) in [6, 6.07) is 0.219. The fourth-order valence-electron chi connectivity index (χ4n) is 2.75. The summed E-state index contributed by atoms with van der Waals surface area (Å²) in [7, 11) is 3.50. The average molecular weight is 294 g/mol. The molecule has 1 rings (SSSR count). The highest BCUT2D eigenvalue weighted by atomic mass is 16.5. The lowest BCUT2D eigenvalue weighted by molar-refractivity contribution is -0.0286. The summed E-state index contributed by atoms with van der Waals surface area (Å²) in [5, 5.41) is 3.55. The van der Waals surface area contributed by atoms with E-state index >= 15 is 0 Å². The Balaban J connectivity index is 3.10. The molecule has 2 unspecified atom stereocenters. The zero-order valence-corrected chi connectivity index (χ0v) is 14.5. The van der Waals surface area contributed by atoms with E-state index in [1.807, 2.05) is 13.1 Å². The van der Waals surface area contributed by atoms with Crippen molar-refractivity contribution in [2.75, 3.05) is 20.8 Å². The van der Waals surface area contributed by atoms with E-state index in [-0.39, 0.29) is 11.6 Å². The van der Waals surface area contributed by atoms with Gasteiger partial charge in [0.15, 0.2) is 0 Å². The smallest absolute Gasteiger partial charge is 0.128 e. The predicted octanol–water partition coefficient (Wildman–Crippen LogP) is 3.04. The maximum Gasteiger partial charge on any atom is 0.128 e. The molecule has 1 aromatic heterocycles. The van der Waals surface area contributed by atoms with Crippen LogP contribution in [0.1, 0.15) is 44.0 Å². The highest BCUT2D eigenvalue weighted by Gasteiger charge is 2.33. The molecule has 0 aliphatic carbocycles. The summed E-state index contributed by atoms with van der Waals surface area (Å²) < 4.78 is 11.3. The van der Waals surface area contributed by atoms with Crippen LogP contribution < -0.4 is 10.1 Å². The second-order valence-electron chi connectivity index (χ2n) is 5.73. The first-order chi connectivity index (χ1) is 9.93. The van der Waals surface area contributed by atoms with Crippen molar-refractivity contribution in [2.45, 2.75) is 59.1 Å². The topological polar surface area (TPSA) is 43.4 Å². The van der Waals surface area contributed by atoms with E-state index in [9.17, 15) is 0 Å². The second kappa shape index (κ2) is 7.76. The first-order valence-corrected chi connectivity index (χ1v) is 7.71. The number of rotatable bonds is 8. The van der Waals surface area contributed by atoms with E-state index in [4.69, 9.17) is 9.47 Å². The highest BCUT2D eigenvalue weighted by molar-refractivity contribution is 5.41. The van der Waals surface area contributed by atoms with Crippen molar-refractivity contribution >= 4 is 0 Å². The molecule has 4 heteroatoms. The first-order valence-electron chi connectivity index (χ1n) is 7.71. The second-order valence-corrected chi connectivity index (χ2v) is 5.73. The molecule has 0 spiro atoms. The molecule has 0 aromatic carbocycles. The molecular formula is C17H30N2O2. The molecule has 0 amide bonds. The summed E-state index contributed by atoms with van der Waals surface area (Å²) in [4.78, 5) is 4.62. The molecule has 1 N–H and O–H groups in total. The van der Waals surface area contributed by atoms with Crippen molar-refractivity contribution in [1.29, 1.82) is 0 Å². The largest absolute Gasteiger partial charge is 0.496 e. The summed E-state index contributed by atoms with van der Waals surface area (Å²) in [5.41, 5.74) is 3.06. The number of pyridine rings is 1. The lowest BCUT2D eigenvalue weighted by Crippen LogP contribution is -2.51. The minimum Gasteiger partial charge on any atom is -0.496 e. The van der Waals surface area contributed by atoms with Crippen LogP contribution in [0.25, 0.3) is 0 Å². The molecule has 0 fully saturated rings. The summed E-state index contributed by atoms with van der Waals surface area (Å²) in [5.74, 6) is 0.936. The zero-order valence-electron chi connectivity index (χ0n) is 14.5. The van der Waals surface area contributed by atoms with E-state index in [1.54, 1.807) is 14.2 Å². The maximum atomic E-state index is 5.77. The Hall–Kier alpha value is -1.13. The van der Waals surface area contributed by atoms with Crippen LogP contribution in [-0.2, 0) is 11.2 Å². The summed E-state index contributed by atoms with van der Waals surface area (Å²) in [6.07, 6.45) is 3.66. The number of nitrogens with zero attached hydrogens (tertiary/aromatic N) is 1. The van der Waals surface area contributed by atoms with Crippen LogP contribution in [0.2, 0.25) is 0 Å². The zero-order chi connectivity index (χ0) is 16.0. The quantitative estimate of drug-likeness (QED) is 0.800. The molecule has 1 aromatic rings. The summed E-state index contributed by atoms with van der Waals surface area (Å²) >= 11 is 0. The van der Waals surface area contributed by atoms with Crippen molar-refractivity contribution in [3.63, 3.8) is 0 Å². The molecule has 2 atom stereocenters. The van der Waals surface area contributed by atoms with Crippen LogP contribution >= 0.6 is 0 Å². The van der Waals surface area contributed by atoms with Gasteiger partial charge >= 0.3 is 0 Å². The molecule has 21 heavy (non-hydrogen) atoms. The molecule has 4 nitrogen and oxygen atoms in total. The molecular weight excluding hydrogens is 264 g/mol. The minimum absolute atomic E-state index is 0.206. The van der Waals surface area contributed by atoms with Gasteiger partial charge in [0.25, 0.3) is 0 Å². The van der Waals surface area contributed by atoms with Crippen molar-refractivity contribution in [1.82, 2.24) is 10.3 Å². The number of aryl methyl sites for hydroxylation is 1. The van der Waals surface area contributed by atoms with E-state index in [0.29, 0.717) is 0 Å². The lowest BCUT2D eigenvalue weighted by Gasteiger charge is -2.36. The van der Waals surface area contributed by atoms with Gasteiger partial charge in [-0.1, -0.05) is 13.8 Å². The van der Waals surface area contributed by atoms with Gasteiger partial charge in [0.2, 0.25) is 0 Å². The van der Waals surface area contributed by atoms with Gasteiger partial charge in [0, 0.05) is 42.6 Å². The minimum atomic E-state index is -0.206. The highest BCUT2D eigenvalue weighted by Crippen LogP contribution is 2.28. The van der Waals surface area contributed by atoms with Gasteiger partial charge in [-0.15, -0.1) is 0 Å². The van der Waals surface area contributed by atoms with Gasteiger partial charge in [0.05, 0.1) is 12.7 Å².